The van der Waals surface area contributed by atoms with Crippen molar-refractivity contribution < 1.29 is 19.1 Å². The molecule has 1 unspecified atom stereocenters. The van der Waals surface area contributed by atoms with Crippen LogP contribution in [0.2, 0.25) is 0 Å². The minimum absolute atomic E-state index is 0.150. The number of aliphatic imine (C=N–C) groups is 1. The number of esters is 1. The first kappa shape index (κ1) is 23.8. The fourth-order valence-corrected chi connectivity index (χ4v) is 3.73. The molecule has 0 bridgehead atoms. The van der Waals surface area contributed by atoms with E-state index in [1.807, 2.05) is 36.4 Å². The number of nitrogen functional groups attached to an aromatic ring is 1. The van der Waals surface area contributed by atoms with Gasteiger partial charge < -0.3 is 15.2 Å². The minimum Gasteiger partial charge on any atom is -0.469 e. The van der Waals surface area contributed by atoms with E-state index in [0.29, 0.717) is 11.2 Å². The lowest BCUT2D eigenvalue weighted by Crippen LogP contribution is -2.24. The Morgan fingerprint density at radius 1 is 1.20 bits per heavy atom. The number of methoxy groups -OCH3 is 1. The fourth-order valence-electron chi connectivity index (χ4n) is 3.73. The third kappa shape index (κ3) is 5.26. The molecular weight excluding hydrogens is 448 g/mol. The Bertz CT molecular complexity index is 1440. The number of para-hydroxylation sites is 1. The van der Waals surface area contributed by atoms with Crippen LogP contribution in [0.25, 0.3) is 27.5 Å². The highest BCUT2D eigenvalue weighted by Crippen LogP contribution is 2.32. The summed E-state index contributed by atoms with van der Waals surface area (Å²) in [6.07, 6.45) is 3.70. The summed E-state index contributed by atoms with van der Waals surface area (Å²) in [7, 11) is 1.28. The number of hydrogen-bond acceptors (Lipinski definition) is 8. The maximum atomic E-state index is 12.5. The largest absolute Gasteiger partial charge is 0.469 e. The molecule has 4 rings (SSSR count). The monoisotopic (exact) mass is 474 g/mol. The molecule has 4 aromatic rings. The highest BCUT2D eigenvalue weighted by atomic mass is 16.6. The van der Waals surface area contributed by atoms with Gasteiger partial charge in [-0.15, -0.1) is 0 Å². The summed E-state index contributed by atoms with van der Waals surface area (Å²) < 4.78 is 11.8. The number of nitrogens with two attached hydrogens (primary N) is 1. The number of anilines is 1. The smallest absolute Gasteiger partial charge is 0.433 e. The van der Waals surface area contributed by atoms with Crippen molar-refractivity contribution in [2.45, 2.75) is 32.8 Å². The molecule has 0 aliphatic carbocycles. The van der Waals surface area contributed by atoms with E-state index in [9.17, 15) is 9.59 Å². The Hall–Kier alpha value is -4.34. The number of hydrogen-bond donors (Lipinski definition) is 1. The first-order valence-electron chi connectivity index (χ1n) is 11.0. The maximum absolute atomic E-state index is 12.5. The predicted molar refractivity (Wildman–Crippen MR) is 132 cm³/mol. The van der Waals surface area contributed by atoms with E-state index >= 15 is 0 Å². The summed E-state index contributed by atoms with van der Waals surface area (Å²) in [5, 5.41) is 5.32. The van der Waals surface area contributed by atoms with Crippen molar-refractivity contribution in [3.8, 4) is 11.1 Å². The van der Waals surface area contributed by atoms with Gasteiger partial charge in [-0.05, 0) is 39.0 Å². The fraction of sp³-hybridized carbons (Fsp3) is 0.280. The van der Waals surface area contributed by atoms with Crippen LogP contribution in [0.1, 0.15) is 26.5 Å². The second kappa shape index (κ2) is 9.49. The molecule has 1 atom stereocenters. The number of carbonyl (C=O) groups excluding carboxylic acids is 2. The number of pyridine rings is 1. The summed E-state index contributed by atoms with van der Waals surface area (Å²) in [4.78, 5) is 37.0. The van der Waals surface area contributed by atoms with Crippen LogP contribution < -0.4 is 5.73 Å². The van der Waals surface area contributed by atoms with Crippen LogP contribution >= 0.6 is 0 Å². The molecule has 0 spiro atoms. The third-order valence-corrected chi connectivity index (χ3v) is 5.24. The van der Waals surface area contributed by atoms with Gasteiger partial charge in [-0.2, -0.15) is 10.1 Å². The van der Waals surface area contributed by atoms with Crippen LogP contribution in [0, 0.1) is 5.92 Å². The molecule has 3 aromatic heterocycles. The molecule has 0 fully saturated rings. The number of benzene rings is 1. The summed E-state index contributed by atoms with van der Waals surface area (Å²) >= 11 is 0. The first-order chi connectivity index (χ1) is 16.7. The van der Waals surface area contributed by atoms with Gasteiger partial charge >= 0.3 is 12.1 Å². The lowest BCUT2D eigenvalue weighted by Gasteiger charge is -2.17. The Balaban J connectivity index is 1.74. The molecule has 0 saturated heterocycles. The Kier molecular flexibility index (Phi) is 6.46. The second-order valence-corrected chi connectivity index (χ2v) is 8.96. The molecule has 1 amide bonds. The van der Waals surface area contributed by atoms with Crippen LogP contribution in [0.4, 0.5) is 10.6 Å². The van der Waals surface area contributed by atoms with Crippen molar-refractivity contribution in [3.05, 3.63) is 54.6 Å². The number of aromatic nitrogens is 4. The lowest BCUT2D eigenvalue weighted by molar-refractivity contribution is -0.142. The van der Waals surface area contributed by atoms with E-state index in [0.717, 1.165) is 22.0 Å². The highest BCUT2D eigenvalue weighted by molar-refractivity contribution is 5.95. The maximum Gasteiger partial charge on any atom is 0.433 e. The van der Waals surface area contributed by atoms with Gasteiger partial charge in [0.1, 0.15) is 17.4 Å². The SMILES string of the molecule is COC(=O)C(C=NC(=O)OC(C)(C)C)Cc1cc(-c2cnc3ccccc3c2)c2c(N)ncnn12. The van der Waals surface area contributed by atoms with Crippen molar-refractivity contribution in [2.24, 2.45) is 10.9 Å². The summed E-state index contributed by atoms with van der Waals surface area (Å²) in [5.41, 5.74) is 9.23. The zero-order valence-corrected chi connectivity index (χ0v) is 19.9. The number of nitrogens with zero attached hydrogens (tertiary/aromatic N) is 5. The molecule has 10 heteroatoms. The quantitative estimate of drug-likeness (QED) is 0.340. The zero-order chi connectivity index (χ0) is 25.2. The topological polar surface area (TPSA) is 134 Å². The number of fused-ring (bicyclic) bond motifs is 2. The molecule has 0 aliphatic heterocycles. The molecule has 2 N–H and O–H groups in total. The van der Waals surface area contributed by atoms with E-state index in [1.54, 1.807) is 31.5 Å². The predicted octanol–water partition coefficient (Wildman–Crippen LogP) is 3.86. The first-order valence-corrected chi connectivity index (χ1v) is 11.0. The van der Waals surface area contributed by atoms with Crippen molar-refractivity contribution >= 4 is 40.5 Å². The van der Waals surface area contributed by atoms with Crippen molar-refractivity contribution in [3.63, 3.8) is 0 Å². The summed E-state index contributed by atoms with van der Waals surface area (Å²) in [6.45, 7) is 5.20. The molecule has 10 nitrogen and oxygen atoms in total. The van der Waals surface area contributed by atoms with Gasteiger partial charge in [-0.25, -0.2) is 14.3 Å². The van der Waals surface area contributed by atoms with Gasteiger partial charge in [0.15, 0.2) is 5.82 Å². The van der Waals surface area contributed by atoms with Gasteiger partial charge in [-0.3, -0.25) is 9.78 Å². The van der Waals surface area contributed by atoms with Crippen LogP contribution in [0.15, 0.2) is 53.9 Å². The van der Waals surface area contributed by atoms with Crippen LogP contribution in [-0.2, 0) is 20.7 Å². The van der Waals surface area contributed by atoms with Crippen molar-refractivity contribution in [1.29, 1.82) is 0 Å². The number of carbonyl (C=O) groups is 2. The van der Waals surface area contributed by atoms with E-state index in [2.05, 4.69) is 20.1 Å². The van der Waals surface area contributed by atoms with E-state index in [-0.39, 0.29) is 12.2 Å². The van der Waals surface area contributed by atoms with Gasteiger partial charge in [-0.1, -0.05) is 18.2 Å². The average Bonchev–Trinajstić information content (AvgIpc) is 3.19. The van der Waals surface area contributed by atoms with Gasteiger partial charge in [0.2, 0.25) is 0 Å². The standard InChI is InChI=1S/C25H26N6O4/c1-25(2,3)35-24(33)28-13-17(23(32)34-4)10-18-11-19(21-22(26)29-14-30-31(18)21)16-9-15-7-5-6-8-20(15)27-12-16/h5-9,11-14,17H,10H2,1-4H3,(H2,26,29,30). The third-order valence-electron chi connectivity index (χ3n) is 5.24. The molecule has 180 valence electrons. The Morgan fingerprint density at radius 3 is 2.71 bits per heavy atom. The second-order valence-electron chi connectivity index (χ2n) is 8.96. The Labute approximate surface area is 201 Å². The van der Waals surface area contributed by atoms with E-state index in [1.165, 1.54) is 19.7 Å². The van der Waals surface area contributed by atoms with E-state index < -0.39 is 23.6 Å². The van der Waals surface area contributed by atoms with Gasteiger partial charge in [0.25, 0.3) is 0 Å². The number of ether oxygens (including phenoxy) is 2. The van der Waals surface area contributed by atoms with Crippen molar-refractivity contribution in [1.82, 2.24) is 19.6 Å². The van der Waals surface area contributed by atoms with Gasteiger partial charge in [0.05, 0.1) is 18.5 Å². The van der Waals surface area contributed by atoms with Gasteiger partial charge in [0, 0.05) is 41.0 Å². The minimum atomic E-state index is -0.857. The van der Waals surface area contributed by atoms with Crippen molar-refractivity contribution in [2.75, 3.05) is 12.8 Å². The average molecular weight is 475 g/mol. The lowest BCUT2D eigenvalue weighted by atomic mass is 10.0. The summed E-state index contributed by atoms with van der Waals surface area (Å²) in [5.74, 6) is -1.13. The Morgan fingerprint density at radius 2 is 1.97 bits per heavy atom. The summed E-state index contributed by atoms with van der Waals surface area (Å²) in [6, 6.07) is 11.7. The molecule has 1 aromatic carbocycles. The molecule has 0 radical (unpaired) electrons. The normalized spacial score (nSPS) is 12.8. The van der Waals surface area contributed by atoms with Crippen LogP contribution in [0.5, 0.6) is 0 Å². The van der Waals surface area contributed by atoms with E-state index in [4.69, 9.17) is 15.2 Å². The number of rotatable bonds is 5. The highest BCUT2D eigenvalue weighted by Gasteiger charge is 2.24. The molecule has 0 saturated carbocycles. The molecule has 3 heterocycles. The van der Waals surface area contributed by atoms with Crippen LogP contribution in [-0.4, -0.2) is 50.6 Å². The number of amides is 1. The zero-order valence-electron chi connectivity index (χ0n) is 19.9. The molecule has 35 heavy (non-hydrogen) atoms. The molecule has 0 aliphatic rings. The molecular formula is C25H26N6O4. The van der Waals surface area contributed by atoms with Crippen LogP contribution in [0.3, 0.4) is 0 Å².